The number of hydrogen-bond acceptors (Lipinski definition) is 9. The maximum atomic E-state index is 13.4. The van der Waals surface area contributed by atoms with Crippen LogP contribution in [0, 0.1) is 27.6 Å². The molecule has 55 heavy (non-hydrogen) atoms. The average Bonchev–Trinajstić information content (AvgIpc) is 3.53. The second-order valence-corrected chi connectivity index (χ2v) is 17.1. The first kappa shape index (κ1) is 43.3. The molecule has 0 bridgehead atoms. The van der Waals surface area contributed by atoms with Gasteiger partial charge in [0.1, 0.15) is 42.4 Å². The second kappa shape index (κ2) is 18.0. The minimum Gasteiger partial charge on any atom is -0.494 e. The Balaban J connectivity index is 1.14. The molecule has 14 heteroatoms. The highest BCUT2D eigenvalue weighted by atomic mass is 35.5. The number of aliphatic hydroxyl groups is 1. The van der Waals surface area contributed by atoms with Crippen molar-refractivity contribution in [3.05, 3.63) is 58.6 Å². The molecule has 1 aliphatic heterocycles. The van der Waals surface area contributed by atoms with E-state index in [2.05, 4.69) is 49.7 Å². The topological polar surface area (TPSA) is 179 Å². The van der Waals surface area contributed by atoms with Crippen LogP contribution in [0.25, 0.3) is 0 Å². The molecule has 1 saturated carbocycles. The number of aliphatic hydroxyl groups excluding tert-OH is 1. The van der Waals surface area contributed by atoms with Gasteiger partial charge < -0.3 is 40.2 Å². The van der Waals surface area contributed by atoms with E-state index >= 15 is 0 Å². The van der Waals surface area contributed by atoms with Gasteiger partial charge in [0.2, 0.25) is 17.7 Å². The molecule has 2 aliphatic rings. The van der Waals surface area contributed by atoms with Crippen molar-refractivity contribution in [2.45, 2.75) is 104 Å². The van der Waals surface area contributed by atoms with Crippen molar-refractivity contribution in [3.63, 3.8) is 0 Å². The van der Waals surface area contributed by atoms with Crippen LogP contribution in [-0.4, -0.2) is 97.4 Å². The summed E-state index contributed by atoms with van der Waals surface area (Å²) in [5.74, 6) is -0.174. The second-order valence-electron chi connectivity index (χ2n) is 16.7. The van der Waals surface area contributed by atoms with Gasteiger partial charge in [-0.25, -0.2) is 0 Å². The maximum Gasteiger partial charge on any atom is 0.251 e. The van der Waals surface area contributed by atoms with Crippen LogP contribution >= 0.6 is 11.6 Å². The normalized spacial score (nSPS) is 21.7. The van der Waals surface area contributed by atoms with E-state index in [1.807, 2.05) is 20.8 Å². The number of nitriles is 1. The summed E-state index contributed by atoms with van der Waals surface area (Å²) in [6, 6.07) is 12.2. The van der Waals surface area contributed by atoms with E-state index in [-0.39, 0.29) is 54.4 Å². The number of amides is 4. The van der Waals surface area contributed by atoms with Gasteiger partial charge >= 0.3 is 0 Å². The lowest BCUT2D eigenvalue weighted by Crippen LogP contribution is -2.74. The van der Waals surface area contributed by atoms with Gasteiger partial charge in [-0.15, -0.1) is 0 Å². The van der Waals surface area contributed by atoms with Crippen LogP contribution in [0.1, 0.15) is 90.1 Å². The molecule has 1 heterocycles. The minimum atomic E-state index is -0.903. The number of halogens is 1. The van der Waals surface area contributed by atoms with E-state index in [1.165, 1.54) is 11.9 Å². The zero-order valence-corrected chi connectivity index (χ0v) is 33.9. The number of unbranched alkanes of at least 4 members (excludes halogenated alkanes) is 2. The molecule has 1 aliphatic carbocycles. The average molecular weight is 782 g/mol. The predicted molar refractivity (Wildman–Crippen MR) is 208 cm³/mol. The first-order valence-corrected chi connectivity index (χ1v) is 19.2. The van der Waals surface area contributed by atoms with Gasteiger partial charge in [0.05, 0.1) is 23.3 Å². The lowest BCUT2D eigenvalue weighted by Gasteiger charge is -2.63. The molecule has 2 aromatic carbocycles. The van der Waals surface area contributed by atoms with Crippen LogP contribution in [-0.2, 0) is 19.1 Å². The van der Waals surface area contributed by atoms with Crippen molar-refractivity contribution in [2.75, 3.05) is 33.4 Å². The Labute approximate surface area is 329 Å². The number of ether oxygens (including phenoxy) is 3. The molecule has 0 aromatic heterocycles. The highest BCUT2D eigenvalue weighted by molar-refractivity contribution is 6.31. The molecule has 2 fully saturated rings. The number of rotatable bonds is 16. The Bertz CT molecular complexity index is 1720. The maximum absolute atomic E-state index is 13.4. The highest BCUT2D eigenvalue weighted by Gasteiger charge is 2.64. The molecule has 4 N–H and O–H groups in total. The van der Waals surface area contributed by atoms with Crippen LogP contribution in [0.3, 0.4) is 0 Å². The zero-order valence-electron chi connectivity index (χ0n) is 33.2. The van der Waals surface area contributed by atoms with Gasteiger partial charge in [-0.3, -0.25) is 19.2 Å². The SMILES string of the molecule is CNC(=O)[C@@H]1C[C@@H](O)CN1C(=O)[C@@H](NC(=O)COCCCCCOc1ccc(C(=O)N[C@H]2C(C)(C)[C@H](Oc3ccc(C#N)c(Cl)c3)C2(C)C)cc1)C(C)(C)C. The van der Waals surface area contributed by atoms with Crippen molar-refractivity contribution in [3.8, 4) is 17.6 Å². The summed E-state index contributed by atoms with van der Waals surface area (Å²) in [5.41, 5.74) is -0.501. The lowest BCUT2D eigenvalue weighted by molar-refractivity contribution is -0.164. The molecule has 300 valence electrons. The van der Waals surface area contributed by atoms with E-state index in [9.17, 15) is 24.3 Å². The summed E-state index contributed by atoms with van der Waals surface area (Å²) < 4.78 is 17.8. The number of carbonyl (C=O) groups is 4. The quantitative estimate of drug-likeness (QED) is 0.177. The van der Waals surface area contributed by atoms with E-state index < -0.39 is 35.4 Å². The van der Waals surface area contributed by atoms with Gasteiger partial charge in [-0.1, -0.05) is 60.1 Å². The Morgan fingerprint density at radius 3 is 2.24 bits per heavy atom. The predicted octanol–water partition coefficient (Wildman–Crippen LogP) is 4.63. The third-order valence-corrected chi connectivity index (χ3v) is 10.8. The van der Waals surface area contributed by atoms with Gasteiger partial charge in [0, 0.05) is 55.1 Å². The summed E-state index contributed by atoms with van der Waals surface area (Å²) >= 11 is 6.21. The summed E-state index contributed by atoms with van der Waals surface area (Å²) in [4.78, 5) is 53.1. The van der Waals surface area contributed by atoms with Crippen LogP contribution in [0.4, 0.5) is 0 Å². The fourth-order valence-corrected chi connectivity index (χ4v) is 8.05. The molecule has 1 saturated heterocycles. The zero-order chi connectivity index (χ0) is 40.7. The van der Waals surface area contributed by atoms with Crippen molar-refractivity contribution in [2.24, 2.45) is 16.2 Å². The van der Waals surface area contributed by atoms with Crippen molar-refractivity contribution < 1.29 is 38.5 Å². The van der Waals surface area contributed by atoms with Gasteiger partial charge in [-0.2, -0.15) is 5.26 Å². The lowest BCUT2D eigenvalue weighted by atomic mass is 9.49. The number of likely N-dealkylation sites (tertiary alicyclic amines) is 1. The summed E-state index contributed by atoms with van der Waals surface area (Å²) in [6.45, 7) is 14.3. The van der Waals surface area contributed by atoms with Crippen molar-refractivity contribution in [1.82, 2.24) is 20.9 Å². The molecule has 4 amide bonds. The third kappa shape index (κ3) is 10.5. The number of nitrogens with one attached hydrogen (secondary N) is 3. The first-order valence-electron chi connectivity index (χ1n) is 18.8. The van der Waals surface area contributed by atoms with Crippen LogP contribution in [0.5, 0.6) is 11.5 Å². The Morgan fingerprint density at radius 2 is 1.64 bits per heavy atom. The number of hydrogen-bond donors (Lipinski definition) is 4. The van der Waals surface area contributed by atoms with Gasteiger partial charge in [0.15, 0.2) is 0 Å². The summed E-state index contributed by atoms with van der Waals surface area (Å²) in [5, 5.41) is 28.1. The molecule has 0 unspecified atom stereocenters. The molecule has 3 atom stereocenters. The first-order chi connectivity index (χ1) is 25.8. The Hall–Kier alpha value is -4.38. The molecule has 0 spiro atoms. The van der Waals surface area contributed by atoms with E-state index in [0.29, 0.717) is 47.3 Å². The fraction of sp³-hybridized carbons (Fsp3) is 0.585. The molecular formula is C41H56ClN5O8. The number of carbonyl (C=O) groups excluding carboxylic acids is 4. The van der Waals surface area contributed by atoms with Gasteiger partial charge in [0.25, 0.3) is 5.91 Å². The van der Waals surface area contributed by atoms with E-state index in [0.717, 1.165) is 12.8 Å². The third-order valence-electron chi connectivity index (χ3n) is 10.5. The molecule has 0 radical (unpaired) electrons. The summed E-state index contributed by atoms with van der Waals surface area (Å²) in [7, 11) is 1.48. The number of benzene rings is 2. The van der Waals surface area contributed by atoms with Crippen molar-refractivity contribution in [1.29, 1.82) is 5.26 Å². The number of nitrogens with zero attached hydrogens (tertiary/aromatic N) is 2. The molecule has 2 aromatic rings. The Kier molecular flexibility index (Phi) is 14.2. The molecule has 4 rings (SSSR count). The Morgan fingerprint density at radius 1 is 1.00 bits per heavy atom. The van der Waals surface area contributed by atoms with Crippen LogP contribution < -0.4 is 25.4 Å². The number of β-amino-alcohol motifs (C(OH)–C–C–N with tert-alkyl or cyclic N) is 1. The van der Waals surface area contributed by atoms with Crippen LogP contribution in [0.15, 0.2) is 42.5 Å². The standard InChI is InChI=1S/C41H56ClN5O8/c1-39(2,3)33(36(52)47-23-27(48)20-31(47)35(51)44-8)45-32(49)24-53-18-10-9-11-19-54-28-15-12-25(13-16-28)34(50)46-37-40(4,5)38(41(37,6)7)55-29-17-14-26(22-43)30(42)21-29/h12-17,21,27,31,33,37-38,48H,9-11,18-20,23-24H2,1-8H3,(H,44,51)(H,45,49)(H,46,50)/t27-,31+,33-,37-,38-/m1/s1. The summed E-state index contributed by atoms with van der Waals surface area (Å²) in [6.07, 6.45) is 1.40. The molecular weight excluding hydrogens is 726 g/mol. The van der Waals surface area contributed by atoms with E-state index in [1.54, 1.807) is 42.5 Å². The molecule has 13 nitrogen and oxygen atoms in total. The highest BCUT2D eigenvalue weighted by Crippen LogP contribution is 2.55. The van der Waals surface area contributed by atoms with Crippen LogP contribution in [0.2, 0.25) is 5.02 Å². The van der Waals surface area contributed by atoms with Gasteiger partial charge in [-0.05, 0) is 61.1 Å². The minimum absolute atomic E-state index is 0.0258. The van der Waals surface area contributed by atoms with Crippen molar-refractivity contribution >= 4 is 35.2 Å². The fourth-order valence-electron chi connectivity index (χ4n) is 7.84. The van der Waals surface area contributed by atoms with E-state index in [4.69, 9.17) is 31.1 Å². The smallest absolute Gasteiger partial charge is 0.251 e. The monoisotopic (exact) mass is 781 g/mol. The number of likely N-dealkylation sites (N-methyl/N-ethyl adjacent to an activating group) is 1. The largest absolute Gasteiger partial charge is 0.494 e.